The highest BCUT2D eigenvalue weighted by atomic mass is 16.2. The minimum Gasteiger partial charge on any atom is -0.349 e. The van der Waals surface area contributed by atoms with Crippen molar-refractivity contribution in [1.29, 1.82) is 0 Å². The van der Waals surface area contributed by atoms with Crippen molar-refractivity contribution < 1.29 is 9.59 Å². The van der Waals surface area contributed by atoms with Crippen molar-refractivity contribution in [2.45, 2.75) is 18.9 Å². The molecule has 4 rings (SSSR count). The molecule has 0 heterocycles. The van der Waals surface area contributed by atoms with Crippen LogP contribution >= 0.6 is 0 Å². The molecule has 3 aromatic carbocycles. The van der Waals surface area contributed by atoms with Crippen LogP contribution in [0.1, 0.15) is 33.6 Å². The molecule has 0 bridgehead atoms. The van der Waals surface area contributed by atoms with E-state index in [9.17, 15) is 9.59 Å². The van der Waals surface area contributed by atoms with Gasteiger partial charge in [-0.05, 0) is 47.9 Å². The van der Waals surface area contributed by atoms with E-state index >= 15 is 0 Å². The van der Waals surface area contributed by atoms with E-state index in [0.717, 1.165) is 23.6 Å². The summed E-state index contributed by atoms with van der Waals surface area (Å²) in [7, 11) is 0. The first-order chi connectivity index (χ1) is 12.2. The number of benzene rings is 3. The van der Waals surface area contributed by atoms with E-state index in [1.54, 1.807) is 30.3 Å². The first kappa shape index (κ1) is 15.4. The lowest BCUT2D eigenvalue weighted by Crippen LogP contribution is -2.25. The molecule has 1 saturated carbocycles. The molecule has 0 atom stereocenters. The molecule has 0 aromatic heterocycles. The Hall–Kier alpha value is -3.14. The molecule has 4 nitrogen and oxygen atoms in total. The summed E-state index contributed by atoms with van der Waals surface area (Å²) < 4.78 is 0. The molecule has 2 N–H and O–H groups in total. The van der Waals surface area contributed by atoms with Gasteiger partial charge in [0, 0.05) is 22.9 Å². The van der Waals surface area contributed by atoms with E-state index in [2.05, 4.69) is 10.6 Å². The van der Waals surface area contributed by atoms with E-state index in [0.29, 0.717) is 22.9 Å². The van der Waals surface area contributed by atoms with Crippen LogP contribution in [0, 0.1) is 0 Å². The smallest absolute Gasteiger partial charge is 0.256 e. The van der Waals surface area contributed by atoms with Crippen molar-refractivity contribution in [2.24, 2.45) is 0 Å². The van der Waals surface area contributed by atoms with Gasteiger partial charge in [0.2, 0.25) is 0 Å². The van der Waals surface area contributed by atoms with Gasteiger partial charge in [-0.15, -0.1) is 0 Å². The van der Waals surface area contributed by atoms with Crippen molar-refractivity contribution in [3.63, 3.8) is 0 Å². The van der Waals surface area contributed by atoms with Gasteiger partial charge in [-0.25, -0.2) is 0 Å². The van der Waals surface area contributed by atoms with Gasteiger partial charge in [0.15, 0.2) is 0 Å². The van der Waals surface area contributed by atoms with Gasteiger partial charge in [-0.1, -0.05) is 42.5 Å². The van der Waals surface area contributed by atoms with Crippen LogP contribution in [0.4, 0.5) is 5.69 Å². The standard InChI is InChI=1S/C21H18N2O2/c24-20(22-16-11-12-16)15-7-3-8-17(13-15)23-21(25)19-10-4-6-14-5-1-2-9-18(14)19/h1-10,13,16H,11-12H2,(H,22,24)(H,23,25). The van der Waals surface area contributed by atoms with Crippen molar-refractivity contribution in [3.05, 3.63) is 77.9 Å². The SMILES string of the molecule is O=C(NC1CC1)c1cccc(NC(=O)c2cccc3ccccc23)c1. The maximum Gasteiger partial charge on any atom is 0.256 e. The van der Waals surface area contributed by atoms with Crippen LogP contribution < -0.4 is 10.6 Å². The van der Waals surface area contributed by atoms with Crippen LogP contribution in [0.2, 0.25) is 0 Å². The summed E-state index contributed by atoms with van der Waals surface area (Å²) in [5, 5.41) is 7.78. The van der Waals surface area contributed by atoms with Gasteiger partial charge in [0.25, 0.3) is 11.8 Å². The van der Waals surface area contributed by atoms with Crippen molar-refractivity contribution in [1.82, 2.24) is 5.32 Å². The predicted molar refractivity (Wildman–Crippen MR) is 98.8 cm³/mol. The van der Waals surface area contributed by atoms with Crippen LogP contribution in [0.25, 0.3) is 10.8 Å². The molecule has 0 spiro atoms. The third-order valence-corrected chi connectivity index (χ3v) is 4.33. The molecule has 1 aliphatic rings. The van der Waals surface area contributed by atoms with Crippen LogP contribution in [0.3, 0.4) is 0 Å². The Labute approximate surface area is 145 Å². The van der Waals surface area contributed by atoms with E-state index in [-0.39, 0.29) is 11.8 Å². The van der Waals surface area contributed by atoms with Gasteiger partial charge in [-0.3, -0.25) is 9.59 Å². The molecule has 124 valence electrons. The Morgan fingerprint density at radius 2 is 1.60 bits per heavy atom. The Kier molecular flexibility index (Phi) is 3.94. The molecule has 1 fully saturated rings. The number of carbonyl (C=O) groups excluding carboxylic acids is 2. The molecular formula is C21H18N2O2. The molecule has 0 radical (unpaired) electrons. The second-order valence-electron chi connectivity index (χ2n) is 6.31. The van der Waals surface area contributed by atoms with E-state index in [1.165, 1.54) is 0 Å². The van der Waals surface area contributed by atoms with Gasteiger partial charge in [-0.2, -0.15) is 0 Å². The Balaban J connectivity index is 1.57. The zero-order valence-electron chi connectivity index (χ0n) is 13.7. The largest absolute Gasteiger partial charge is 0.349 e. The fourth-order valence-corrected chi connectivity index (χ4v) is 2.86. The second kappa shape index (κ2) is 6.40. The molecule has 0 aliphatic heterocycles. The number of hydrogen-bond donors (Lipinski definition) is 2. The normalized spacial score (nSPS) is 13.4. The molecule has 25 heavy (non-hydrogen) atoms. The average Bonchev–Trinajstić information content (AvgIpc) is 3.45. The van der Waals surface area contributed by atoms with Crippen molar-refractivity contribution in [3.8, 4) is 0 Å². The highest BCUT2D eigenvalue weighted by molar-refractivity contribution is 6.13. The molecule has 2 amide bonds. The summed E-state index contributed by atoms with van der Waals surface area (Å²) in [4.78, 5) is 24.8. The zero-order valence-corrected chi connectivity index (χ0v) is 13.7. The second-order valence-corrected chi connectivity index (χ2v) is 6.31. The number of fused-ring (bicyclic) bond motifs is 1. The fourth-order valence-electron chi connectivity index (χ4n) is 2.86. The van der Waals surface area contributed by atoms with E-state index in [1.807, 2.05) is 36.4 Å². The quantitative estimate of drug-likeness (QED) is 0.760. The Bertz CT molecular complexity index is 956. The number of amides is 2. The summed E-state index contributed by atoms with van der Waals surface area (Å²) in [6.07, 6.45) is 2.09. The molecule has 1 aliphatic carbocycles. The van der Waals surface area contributed by atoms with Crippen LogP contribution in [0.15, 0.2) is 66.7 Å². The molecule has 4 heteroatoms. The maximum absolute atomic E-state index is 12.7. The summed E-state index contributed by atoms with van der Waals surface area (Å²) in [6.45, 7) is 0. The number of nitrogens with one attached hydrogen (secondary N) is 2. The van der Waals surface area contributed by atoms with Crippen molar-refractivity contribution in [2.75, 3.05) is 5.32 Å². The number of rotatable bonds is 4. The van der Waals surface area contributed by atoms with E-state index < -0.39 is 0 Å². The van der Waals surface area contributed by atoms with Gasteiger partial charge in [0.1, 0.15) is 0 Å². The number of hydrogen-bond acceptors (Lipinski definition) is 2. The van der Waals surface area contributed by atoms with Gasteiger partial charge >= 0.3 is 0 Å². The Morgan fingerprint density at radius 1 is 0.840 bits per heavy atom. The Morgan fingerprint density at radius 3 is 2.44 bits per heavy atom. The van der Waals surface area contributed by atoms with Gasteiger partial charge < -0.3 is 10.6 Å². The summed E-state index contributed by atoms with van der Waals surface area (Å²) in [6, 6.07) is 20.8. The van der Waals surface area contributed by atoms with Crippen LogP contribution in [-0.2, 0) is 0 Å². The fraction of sp³-hybridized carbons (Fsp3) is 0.143. The lowest BCUT2D eigenvalue weighted by Gasteiger charge is -2.10. The third-order valence-electron chi connectivity index (χ3n) is 4.33. The molecule has 0 saturated heterocycles. The predicted octanol–water partition coefficient (Wildman–Crippen LogP) is 3.98. The lowest BCUT2D eigenvalue weighted by molar-refractivity contribution is 0.0949. The van der Waals surface area contributed by atoms with Crippen molar-refractivity contribution >= 4 is 28.3 Å². The molecule has 3 aromatic rings. The number of carbonyl (C=O) groups is 2. The number of anilines is 1. The summed E-state index contributed by atoms with van der Waals surface area (Å²) in [5.41, 5.74) is 1.79. The van der Waals surface area contributed by atoms with E-state index in [4.69, 9.17) is 0 Å². The summed E-state index contributed by atoms with van der Waals surface area (Å²) >= 11 is 0. The average molecular weight is 330 g/mol. The summed E-state index contributed by atoms with van der Waals surface area (Å²) in [5.74, 6) is -0.277. The molecule has 0 unspecified atom stereocenters. The lowest BCUT2D eigenvalue weighted by atomic mass is 10.0. The highest BCUT2D eigenvalue weighted by Gasteiger charge is 2.23. The third kappa shape index (κ3) is 3.38. The topological polar surface area (TPSA) is 58.2 Å². The minimum absolute atomic E-state index is 0.0937. The minimum atomic E-state index is -0.184. The highest BCUT2D eigenvalue weighted by Crippen LogP contribution is 2.22. The first-order valence-electron chi connectivity index (χ1n) is 8.41. The maximum atomic E-state index is 12.7. The zero-order chi connectivity index (χ0) is 17.2. The monoisotopic (exact) mass is 330 g/mol. The van der Waals surface area contributed by atoms with Crippen LogP contribution in [0.5, 0.6) is 0 Å². The van der Waals surface area contributed by atoms with Gasteiger partial charge in [0.05, 0.1) is 0 Å². The molecular weight excluding hydrogens is 312 g/mol. The first-order valence-corrected chi connectivity index (χ1v) is 8.41. The van der Waals surface area contributed by atoms with Crippen LogP contribution in [-0.4, -0.2) is 17.9 Å².